The lowest BCUT2D eigenvalue weighted by Gasteiger charge is -2.30. The molecule has 0 bridgehead atoms. The number of amides is 1. The van der Waals surface area contributed by atoms with E-state index >= 15 is 0 Å². The van der Waals surface area contributed by atoms with Gasteiger partial charge in [0.2, 0.25) is 5.91 Å². The van der Waals surface area contributed by atoms with Crippen LogP contribution in [0.5, 0.6) is 11.5 Å². The molecule has 1 unspecified atom stereocenters. The molecule has 1 fully saturated rings. The third kappa shape index (κ3) is 4.11. The third-order valence-corrected chi connectivity index (χ3v) is 3.91. The summed E-state index contributed by atoms with van der Waals surface area (Å²) in [7, 11) is 3.27. The van der Waals surface area contributed by atoms with Gasteiger partial charge in [0, 0.05) is 25.6 Å². The van der Waals surface area contributed by atoms with Crippen molar-refractivity contribution in [2.45, 2.75) is 31.7 Å². The molecule has 1 saturated heterocycles. The lowest BCUT2D eigenvalue weighted by molar-refractivity contribution is -0.132. The lowest BCUT2D eigenvalue weighted by atomic mass is 10.0. The summed E-state index contributed by atoms with van der Waals surface area (Å²) in [4.78, 5) is 14.1. The molecule has 2 rings (SSSR count). The Morgan fingerprint density at radius 2 is 2.19 bits per heavy atom. The summed E-state index contributed by atoms with van der Waals surface area (Å²) >= 11 is 0. The maximum atomic E-state index is 12.3. The second kappa shape index (κ2) is 7.31. The highest BCUT2D eigenvalue weighted by atomic mass is 16.5. The second-order valence-electron chi connectivity index (χ2n) is 5.42. The molecule has 1 aromatic rings. The van der Waals surface area contributed by atoms with Crippen LogP contribution in [0, 0.1) is 0 Å². The Labute approximate surface area is 126 Å². The summed E-state index contributed by atoms with van der Waals surface area (Å²) in [5.74, 6) is 1.73. The molecule has 116 valence electrons. The van der Waals surface area contributed by atoms with Crippen LogP contribution in [-0.4, -0.2) is 44.2 Å². The number of carbonyl (C=O) groups is 1. The molecule has 1 aliphatic heterocycles. The molecule has 1 amide bonds. The van der Waals surface area contributed by atoms with Crippen LogP contribution in [0.1, 0.15) is 24.8 Å². The second-order valence-corrected chi connectivity index (χ2v) is 5.42. The molecule has 2 N–H and O–H groups in total. The molecule has 1 heterocycles. The Hall–Kier alpha value is -1.75. The molecule has 1 aromatic carbocycles. The van der Waals surface area contributed by atoms with Crippen molar-refractivity contribution in [3.8, 4) is 11.5 Å². The third-order valence-electron chi connectivity index (χ3n) is 3.91. The number of benzene rings is 1. The number of carbonyl (C=O) groups excluding carboxylic acids is 1. The molecule has 1 atom stereocenters. The highest BCUT2D eigenvalue weighted by molar-refractivity contribution is 5.76. The number of ether oxygens (including phenoxy) is 2. The van der Waals surface area contributed by atoms with Crippen LogP contribution in [0.15, 0.2) is 18.2 Å². The van der Waals surface area contributed by atoms with E-state index in [1.165, 1.54) is 0 Å². The van der Waals surface area contributed by atoms with Crippen LogP contribution in [-0.2, 0) is 11.2 Å². The Balaban J connectivity index is 1.97. The van der Waals surface area contributed by atoms with Crippen LogP contribution in [0.25, 0.3) is 0 Å². The van der Waals surface area contributed by atoms with Gasteiger partial charge < -0.3 is 20.1 Å². The normalized spacial score (nSPS) is 18.4. The minimum absolute atomic E-state index is 0.119. The fourth-order valence-electron chi connectivity index (χ4n) is 2.71. The van der Waals surface area contributed by atoms with Gasteiger partial charge in [-0.15, -0.1) is 0 Å². The van der Waals surface area contributed by atoms with Crippen LogP contribution in [0.2, 0.25) is 0 Å². The average Bonchev–Trinajstić information content (AvgIpc) is 2.52. The molecule has 0 saturated carbocycles. The molecular weight excluding hydrogens is 268 g/mol. The topological polar surface area (TPSA) is 64.8 Å². The van der Waals surface area contributed by atoms with Crippen LogP contribution in [0.4, 0.5) is 0 Å². The van der Waals surface area contributed by atoms with Gasteiger partial charge >= 0.3 is 0 Å². The van der Waals surface area contributed by atoms with Crippen molar-refractivity contribution in [2.75, 3.05) is 27.3 Å². The first-order chi connectivity index (χ1) is 10.1. The summed E-state index contributed by atoms with van der Waals surface area (Å²) in [6.07, 6.45) is 3.12. The van der Waals surface area contributed by atoms with Crippen molar-refractivity contribution in [2.24, 2.45) is 5.73 Å². The van der Waals surface area contributed by atoms with Crippen molar-refractivity contribution < 1.29 is 14.3 Å². The monoisotopic (exact) mass is 292 g/mol. The van der Waals surface area contributed by atoms with E-state index in [1.807, 2.05) is 23.1 Å². The molecular formula is C16H24N2O3. The van der Waals surface area contributed by atoms with E-state index in [2.05, 4.69) is 0 Å². The van der Waals surface area contributed by atoms with Crippen LogP contribution < -0.4 is 15.2 Å². The number of likely N-dealkylation sites (tertiary alicyclic amines) is 1. The first-order valence-electron chi connectivity index (χ1n) is 7.38. The molecule has 0 aromatic heterocycles. The summed E-state index contributed by atoms with van der Waals surface area (Å²) in [6, 6.07) is 5.77. The van der Waals surface area contributed by atoms with Crippen molar-refractivity contribution >= 4 is 5.91 Å². The van der Waals surface area contributed by atoms with Crippen molar-refractivity contribution in [3.05, 3.63) is 23.8 Å². The summed E-state index contributed by atoms with van der Waals surface area (Å²) in [5.41, 5.74) is 6.92. The minimum Gasteiger partial charge on any atom is -0.497 e. The van der Waals surface area contributed by atoms with E-state index in [4.69, 9.17) is 15.2 Å². The van der Waals surface area contributed by atoms with Gasteiger partial charge in [0.05, 0.1) is 14.2 Å². The van der Waals surface area contributed by atoms with Crippen molar-refractivity contribution in [1.29, 1.82) is 0 Å². The zero-order valence-corrected chi connectivity index (χ0v) is 12.8. The minimum atomic E-state index is 0.119. The fraction of sp³-hybridized carbons (Fsp3) is 0.562. The average molecular weight is 292 g/mol. The first-order valence-corrected chi connectivity index (χ1v) is 7.38. The van der Waals surface area contributed by atoms with Gasteiger partial charge in [0.15, 0.2) is 0 Å². The number of hydrogen-bond donors (Lipinski definition) is 1. The molecule has 0 radical (unpaired) electrons. The number of aryl methyl sites for hydroxylation is 1. The van der Waals surface area contributed by atoms with Gasteiger partial charge in [-0.1, -0.05) is 0 Å². The molecule has 5 nitrogen and oxygen atoms in total. The van der Waals surface area contributed by atoms with E-state index < -0.39 is 0 Å². The number of nitrogens with zero attached hydrogens (tertiary/aromatic N) is 1. The highest BCUT2D eigenvalue weighted by Gasteiger charge is 2.21. The van der Waals surface area contributed by atoms with E-state index in [0.29, 0.717) is 19.4 Å². The van der Waals surface area contributed by atoms with Gasteiger partial charge in [-0.25, -0.2) is 0 Å². The number of rotatable bonds is 5. The number of nitrogens with two attached hydrogens (primary N) is 1. The number of piperidine rings is 1. The lowest BCUT2D eigenvalue weighted by Crippen LogP contribution is -2.45. The Morgan fingerprint density at radius 1 is 1.38 bits per heavy atom. The molecule has 1 aliphatic rings. The highest BCUT2D eigenvalue weighted by Crippen LogP contribution is 2.25. The Morgan fingerprint density at radius 3 is 2.86 bits per heavy atom. The van der Waals surface area contributed by atoms with Gasteiger partial charge in [0.1, 0.15) is 11.5 Å². The Bertz CT molecular complexity index is 490. The smallest absolute Gasteiger partial charge is 0.222 e. The van der Waals surface area contributed by atoms with E-state index in [0.717, 1.165) is 36.4 Å². The maximum absolute atomic E-state index is 12.3. The van der Waals surface area contributed by atoms with Crippen LogP contribution in [0.3, 0.4) is 0 Å². The SMILES string of the molecule is COc1ccc(OC)c(CCC(=O)N2CCCC(N)C2)c1. The van der Waals surface area contributed by atoms with Crippen molar-refractivity contribution in [1.82, 2.24) is 4.90 Å². The van der Waals surface area contributed by atoms with E-state index in [9.17, 15) is 4.79 Å². The summed E-state index contributed by atoms with van der Waals surface area (Å²) in [6.45, 7) is 1.50. The summed E-state index contributed by atoms with van der Waals surface area (Å²) in [5, 5.41) is 0. The van der Waals surface area contributed by atoms with Crippen molar-refractivity contribution in [3.63, 3.8) is 0 Å². The Kier molecular flexibility index (Phi) is 5.44. The number of methoxy groups -OCH3 is 2. The fourth-order valence-corrected chi connectivity index (χ4v) is 2.71. The van der Waals surface area contributed by atoms with Gasteiger partial charge in [-0.2, -0.15) is 0 Å². The van der Waals surface area contributed by atoms with Gasteiger partial charge in [-0.05, 0) is 43.0 Å². The van der Waals surface area contributed by atoms with E-state index in [1.54, 1.807) is 14.2 Å². The summed E-state index contributed by atoms with van der Waals surface area (Å²) < 4.78 is 10.6. The standard InChI is InChI=1S/C16H24N2O3/c1-20-14-6-7-15(21-2)12(10-14)5-8-16(19)18-9-3-4-13(17)11-18/h6-7,10,13H,3-5,8-9,11,17H2,1-2H3. The predicted octanol–water partition coefficient (Wildman–Crippen LogP) is 1.59. The zero-order valence-electron chi connectivity index (χ0n) is 12.8. The molecule has 0 spiro atoms. The van der Waals surface area contributed by atoms with Gasteiger partial charge in [-0.3, -0.25) is 4.79 Å². The largest absolute Gasteiger partial charge is 0.497 e. The van der Waals surface area contributed by atoms with Gasteiger partial charge in [0.25, 0.3) is 0 Å². The van der Waals surface area contributed by atoms with Crippen LogP contribution >= 0.6 is 0 Å². The molecule has 5 heteroatoms. The van der Waals surface area contributed by atoms with E-state index in [-0.39, 0.29) is 11.9 Å². The first kappa shape index (κ1) is 15.6. The molecule has 21 heavy (non-hydrogen) atoms. The molecule has 0 aliphatic carbocycles. The quantitative estimate of drug-likeness (QED) is 0.895. The maximum Gasteiger partial charge on any atom is 0.222 e. The predicted molar refractivity (Wildman–Crippen MR) is 81.7 cm³/mol. The zero-order chi connectivity index (χ0) is 15.2. The number of hydrogen-bond acceptors (Lipinski definition) is 4.